The van der Waals surface area contributed by atoms with E-state index in [2.05, 4.69) is 20.1 Å². The van der Waals surface area contributed by atoms with Gasteiger partial charge in [0.1, 0.15) is 10.7 Å². The average molecular weight is 436 g/mol. The molecule has 3 aliphatic rings. The van der Waals surface area contributed by atoms with Gasteiger partial charge in [0, 0.05) is 37.4 Å². The molecule has 30 heavy (non-hydrogen) atoms. The number of hydrogen-bond donors (Lipinski definition) is 3. The van der Waals surface area contributed by atoms with Crippen LogP contribution in [0.3, 0.4) is 0 Å². The van der Waals surface area contributed by atoms with Gasteiger partial charge in [0.25, 0.3) is 0 Å². The summed E-state index contributed by atoms with van der Waals surface area (Å²) in [5.41, 5.74) is 2.33. The second kappa shape index (κ2) is 7.60. The number of pyridine rings is 1. The van der Waals surface area contributed by atoms with E-state index in [9.17, 15) is 13.5 Å². The maximum atomic E-state index is 13.0. The molecule has 3 fully saturated rings. The summed E-state index contributed by atoms with van der Waals surface area (Å²) < 4.78 is 36.3. The smallest absolute Gasteiger partial charge is 0.244 e. The minimum atomic E-state index is -3.74. The van der Waals surface area contributed by atoms with Gasteiger partial charge in [-0.1, -0.05) is 0 Å². The number of aromatic nitrogens is 3. The molecule has 5 rings (SSSR count). The first kappa shape index (κ1) is 21.2. The van der Waals surface area contributed by atoms with E-state index in [1.807, 2.05) is 20.9 Å². The fourth-order valence-electron chi connectivity index (χ4n) is 4.47. The molecule has 2 aliphatic heterocycles. The maximum Gasteiger partial charge on any atom is 0.244 e. The lowest BCUT2D eigenvalue weighted by Crippen LogP contribution is -2.50. The standard InChI is InChI=1S/C20H29N5O4S/c1-14-6-17(30(27,28)24-5-4-16-8-23-25(3)15(16)2)18(21-7-14)22-11-20-9-19(10-20,12-26)13-29-20/h6-8,24,26H,4-5,9-13H2,1-3H3,(H,21,22). The predicted molar refractivity (Wildman–Crippen MR) is 112 cm³/mol. The van der Waals surface area contributed by atoms with Crippen LogP contribution < -0.4 is 10.0 Å². The van der Waals surface area contributed by atoms with E-state index >= 15 is 0 Å². The molecule has 0 radical (unpaired) electrons. The third kappa shape index (κ3) is 3.84. The first-order valence-electron chi connectivity index (χ1n) is 10.1. The van der Waals surface area contributed by atoms with Gasteiger partial charge < -0.3 is 15.2 Å². The van der Waals surface area contributed by atoms with Crippen molar-refractivity contribution in [3.63, 3.8) is 0 Å². The van der Waals surface area contributed by atoms with Crippen molar-refractivity contribution in [1.82, 2.24) is 19.5 Å². The van der Waals surface area contributed by atoms with Crippen LogP contribution in [0.4, 0.5) is 5.82 Å². The second-order valence-corrected chi connectivity index (χ2v) is 10.5. The van der Waals surface area contributed by atoms with Crippen molar-refractivity contribution in [2.45, 2.75) is 43.6 Å². The van der Waals surface area contributed by atoms with E-state index in [0.29, 0.717) is 25.4 Å². The van der Waals surface area contributed by atoms with Crippen molar-refractivity contribution >= 4 is 15.8 Å². The topological polar surface area (TPSA) is 118 Å². The fraction of sp³-hybridized carbons (Fsp3) is 0.600. The number of hydrogen-bond acceptors (Lipinski definition) is 7. The maximum absolute atomic E-state index is 13.0. The number of sulfonamides is 1. The van der Waals surface area contributed by atoms with E-state index in [0.717, 1.165) is 29.7 Å². The minimum absolute atomic E-state index is 0.122. The molecule has 4 heterocycles. The van der Waals surface area contributed by atoms with Crippen molar-refractivity contribution in [1.29, 1.82) is 0 Å². The Morgan fingerprint density at radius 3 is 2.70 bits per heavy atom. The van der Waals surface area contributed by atoms with Gasteiger partial charge in [-0.05, 0) is 50.3 Å². The van der Waals surface area contributed by atoms with E-state index in [-0.39, 0.29) is 29.1 Å². The van der Waals surface area contributed by atoms with E-state index in [1.165, 1.54) is 0 Å². The highest BCUT2D eigenvalue weighted by Crippen LogP contribution is 2.57. The van der Waals surface area contributed by atoms with Crippen molar-refractivity contribution in [2.75, 3.05) is 31.6 Å². The van der Waals surface area contributed by atoms with Gasteiger partial charge >= 0.3 is 0 Å². The summed E-state index contributed by atoms with van der Waals surface area (Å²) in [5, 5.41) is 16.9. The zero-order chi connectivity index (χ0) is 21.6. The Kier molecular flexibility index (Phi) is 5.38. The van der Waals surface area contributed by atoms with Gasteiger partial charge in [0.2, 0.25) is 10.0 Å². The number of anilines is 1. The van der Waals surface area contributed by atoms with Gasteiger partial charge in [-0.2, -0.15) is 5.10 Å². The highest BCUT2D eigenvalue weighted by atomic mass is 32.2. The zero-order valence-electron chi connectivity index (χ0n) is 17.6. The Bertz CT molecular complexity index is 1040. The molecule has 164 valence electrons. The lowest BCUT2D eigenvalue weighted by Gasteiger charge is -2.43. The van der Waals surface area contributed by atoms with Crippen LogP contribution in [0.1, 0.15) is 29.7 Å². The Hall–Kier alpha value is -2.01. The normalized spacial score (nSPS) is 25.3. The molecule has 9 nitrogen and oxygen atoms in total. The van der Waals surface area contributed by atoms with E-state index < -0.39 is 10.0 Å². The average Bonchev–Trinajstić information content (AvgIpc) is 3.34. The number of fused-ring (bicyclic) bond motifs is 1. The molecule has 0 amide bonds. The molecule has 1 aliphatic carbocycles. The molecule has 2 saturated heterocycles. The summed E-state index contributed by atoms with van der Waals surface area (Å²) in [7, 11) is -1.88. The molecule has 0 unspecified atom stereocenters. The summed E-state index contributed by atoms with van der Waals surface area (Å²) in [4.78, 5) is 4.46. The number of aryl methyl sites for hydroxylation is 2. The predicted octanol–water partition coefficient (Wildman–Crippen LogP) is 0.906. The summed E-state index contributed by atoms with van der Waals surface area (Å²) in [6, 6.07) is 1.62. The van der Waals surface area contributed by atoms with Gasteiger partial charge in [-0.3, -0.25) is 4.68 Å². The summed E-state index contributed by atoms with van der Waals surface area (Å²) >= 11 is 0. The van der Waals surface area contributed by atoms with Gasteiger partial charge in [-0.15, -0.1) is 0 Å². The molecule has 3 N–H and O–H groups in total. The molecule has 10 heteroatoms. The molecule has 2 bridgehead atoms. The zero-order valence-corrected chi connectivity index (χ0v) is 18.4. The quantitative estimate of drug-likeness (QED) is 0.536. The minimum Gasteiger partial charge on any atom is -0.396 e. The van der Waals surface area contributed by atoms with Gasteiger partial charge in [0.15, 0.2) is 0 Å². The largest absolute Gasteiger partial charge is 0.396 e. The van der Waals surface area contributed by atoms with Crippen LogP contribution in [-0.4, -0.2) is 60.2 Å². The van der Waals surface area contributed by atoms with Gasteiger partial charge in [-0.25, -0.2) is 18.1 Å². The third-order valence-corrected chi connectivity index (χ3v) is 7.77. The lowest BCUT2D eigenvalue weighted by molar-refractivity contribution is -0.0168. The Labute approximate surface area is 176 Å². The van der Waals surface area contributed by atoms with Crippen molar-refractivity contribution in [3.8, 4) is 0 Å². The monoisotopic (exact) mass is 435 g/mol. The number of nitrogens with zero attached hydrogens (tertiary/aromatic N) is 3. The van der Waals surface area contributed by atoms with Crippen LogP contribution in [0.5, 0.6) is 0 Å². The molecule has 0 aromatic carbocycles. The van der Waals surface area contributed by atoms with Crippen LogP contribution in [-0.2, 0) is 28.2 Å². The molecular weight excluding hydrogens is 406 g/mol. The number of rotatable bonds is 9. The third-order valence-electron chi connectivity index (χ3n) is 6.29. The van der Waals surface area contributed by atoms with Crippen LogP contribution in [0.25, 0.3) is 0 Å². The van der Waals surface area contributed by atoms with Crippen LogP contribution in [0.2, 0.25) is 0 Å². The van der Waals surface area contributed by atoms with Crippen molar-refractivity contribution < 1.29 is 18.3 Å². The lowest BCUT2D eigenvalue weighted by atomic mass is 9.63. The van der Waals surface area contributed by atoms with Crippen molar-refractivity contribution in [3.05, 3.63) is 35.3 Å². The fourth-order valence-corrected chi connectivity index (χ4v) is 5.72. The molecule has 0 atom stereocenters. The van der Waals surface area contributed by atoms with Crippen LogP contribution >= 0.6 is 0 Å². The second-order valence-electron chi connectivity index (χ2n) is 8.72. The molecule has 0 spiro atoms. The highest BCUT2D eigenvalue weighted by molar-refractivity contribution is 7.89. The molecular formula is C20H29N5O4S. The number of aliphatic hydroxyl groups excluding tert-OH is 1. The van der Waals surface area contributed by atoms with Crippen LogP contribution in [0, 0.1) is 19.3 Å². The number of aliphatic hydroxyl groups is 1. The Balaban J connectivity index is 1.43. The summed E-state index contributed by atoms with van der Waals surface area (Å²) in [6.45, 7) is 5.18. The molecule has 1 saturated carbocycles. The summed E-state index contributed by atoms with van der Waals surface area (Å²) in [5.74, 6) is 0.317. The van der Waals surface area contributed by atoms with Crippen molar-refractivity contribution in [2.24, 2.45) is 12.5 Å². The Morgan fingerprint density at radius 1 is 1.30 bits per heavy atom. The number of ether oxygens (including phenoxy) is 1. The number of nitrogens with one attached hydrogen (secondary N) is 2. The van der Waals surface area contributed by atoms with Gasteiger partial charge in [0.05, 0.1) is 25.0 Å². The first-order valence-corrected chi connectivity index (χ1v) is 11.6. The SMILES string of the molecule is Cc1cnc(NCC23CC(CO)(CO2)C3)c(S(=O)(=O)NCCc2cnn(C)c2C)c1. The van der Waals surface area contributed by atoms with Crippen LogP contribution in [0.15, 0.2) is 23.4 Å². The summed E-state index contributed by atoms with van der Waals surface area (Å²) in [6.07, 6.45) is 5.52. The van der Waals surface area contributed by atoms with E-state index in [1.54, 1.807) is 23.1 Å². The first-order chi connectivity index (χ1) is 14.2. The Morgan fingerprint density at radius 2 is 2.07 bits per heavy atom. The molecule has 2 aromatic heterocycles. The highest BCUT2D eigenvalue weighted by Gasteiger charge is 2.61. The molecule has 2 aromatic rings. The van der Waals surface area contributed by atoms with E-state index in [4.69, 9.17) is 4.74 Å².